The molecule has 0 saturated carbocycles. The predicted octanol–water partition coefficient (Wildman–Crippen LogP) is 2.66. The van der Waals surface area contributed by atoms with Gasteiger partial charge in [-0.15, -0.1) is 5.10 Å². The van der Waals surface area contributed by atoms with Crippen LogP contribution in [-0.4, -0.2) is 57.9 Å². The first-order valence-corrected chi connectivity index (χ1v) is 10.4. The lowest BCUT2D eigenvalue weighted by molar-refractivity contribution is -0.120. The third kappa shape index (κ3) is 4.25. The fraction of sp³-hybridized carbons (Fsp3) is 0.571. The second kappa shape index (κ2) is 8.84. The van der Waals surface area contributed by atoms with Crippen LogP contribution in [0.3, 0.4) is 0 Å². The van der Waals surface area contributed by atoms with E-state index in [2.05, 4.69) is 20.3 Å². The first-order valence-electron chi connectivity index (χ1n) is 10.4. The normalized spacial score (nSPS) is 21.1. The molecule has 0 unspecified atom stereocenters. The van der Waals surface area contributed by atoms with Crippen molar-refractivity contribution in [2.75, 3.05) is 31.6 Å². The minimum absolute atomic E-state index is 0.0115. The molecule has 0 spiro atoms. The Labute approximate surface area is 166 Å². The number of carbonyl (C=O) groups excluding carboxylic acids is 1. The van der Waals surface area contributed by atoms with E-state index < -0.39 is 0 Å². The van der Waals surface area contributed by atoms with Crippen LogP contribution in [0.4, 0.5) is 5.95 Å². The van der Waals surface area contributed by atoms with E-state index >= 15 is 0 Å². The van der Waals surface area contributed by atoms with Crippen LogP contribution in [-0.2, 0) is 16.0 Å². The summed E-state index contributed by atoms with van der Waals surface area (Å²) in [6.45, 7) is 5.70. The first kappa shape index (κ1) is 19.1. The minimum atomic E-state index is -0.0865. The molecule has 1 aromatic carbocycles. The van der Waals surface area contributed by atoms with Crippen molar-refractivity contribution < 1.29 is 9.53 Å². The second-order valence-corrected chi connectivity index (χ2v) is 7.65. The number of nitrogens with zero attached hydrogens (tertiary/aromatic N) is 4. The van der Waals surface area contributed by atoms with Crippen LogP contribution >= 0.6 is 0 Å². The monoisotopic (exact) mass is 383 g/mol. The summed E-state index contributed by atoms with van der Waals surface area (Å²) < 4.78 is 7.27. The first-order chi connectivity index (χ1) is 13.7. The largest absolute Gasteiger partial charge is 0.381 e. The van der Waals surface area contributed by atoms with Crippen molar-refractivity contribution in [3.63, 3.8) is 0 Å². The third-order valence-electron chi connectivity index (χ3n) is 5.73. The number of para-hydroxylation sites is 1. The van der Waals surface area contributed by atoms with Gasteiger partial charge in [-0.05, 0) is 50.3 Å². The van der Waals surface area contributed by atoms with E-state index in [1.807, 2.05) is 41.9 Å². The van der Waals surface area contributed by atoms with Gasteiger partial charge >= 0.3 is 0 Å². The van der Waals surface area contributed by atoms with Crippen LogP contribution in [0.2, 0.25) is 0 Å². The molecule has 2 aliphatic rings. The quantitative estimate of drug-likeness (QED) is 0.830. The van der Waals surface area contributed by atoms with Crippen LogP contribution in [0.1, 0.15) is 38.4 Å². The lowest BCUT2D eigenvalue weighted by atomic mass is 9.99. The van der Waals surface area contributed by atoms with Gasteiger partial charge in [0.05, 0.1) is 11.7 Å². The van der Waals surface area contributed by atoms with E-state index in [1.54, 1.807) is 0 Å². The van der Waals surface area contributed by atoms with Gasteiger partial charge in [0.25, 0.3) is 0 Å². The fourth-order valence-corrected chi connectivity index (χ4v) is 4.20. The molecule has 28 heavy (non-hydrogen) atoms. The summed E-state index contributed by atoms with van der Waals surface area (Å²) in [6.07, 6.45) is 4.89. The number of aromatic nitrogens is 3. The molecule has 0 bridgehead atoms. The lowest BCUT2D eigenvalue weighted by Gasteiger charge is -2.30. The van der Waals surface area contributed by atoms with Gasteiger partial charge in [-0.1, -0.05) is 25.1 Å². The number of ether oxygens (including phenoxy) is 1. The number of rotatable bonds is 6. The molecular weight excluding hydrogens is 354 g/mol. The smallest absolute Gasteiger partial charge is 0.249 e. The predicted molar refractivity (Wildman–Crippen MR) is 108 cm³/mol. The lowest BCUT2D eigenvalue weighted by Crippen LogP contribution is -2.42. The van der Waals surface area contributed by atoms with Gasteiger partial charge in [0.15, 0.2) is 0 Å². The Balaban J connectivity index is 1.43. The van der Waals surface area contributed by atoms with Gasteiger partial charge in [-0.2, -0.15) is 4.98 Å². The summed E-state index contributed by atoms with van der Waals surface area (Å²) in [5, 5.41) is 7.51. The maximum absolute atomic E-state index is 12.9. The van der Waals surface area contributed by atoms with Crippen molar-refractivity contribution in [1.82, 2.24) is 19.7 Å². The van der Waals surface area contributed by atoms with Crippen LogP contribution in [0.15, 0.2) is 30.3 Å². The van der Waals surface area contributed by atoms with E-state index in [-0.39, 0.29) is 11.9 Å². The van der Waals surface area contributed by atoms with Crippen molar-refractivity contribution in [3.05, 3.63) is 36.2 Å². The molecule has 3 heterocycles. The Morgan fingerprint density at radius 3 is 2.75 bits per heavy atom. The molecule has 150 valence electrons. The summed E-state index contributed by atoms with van der Waals surface area (Å²) in [5.74, 6) is 1.87. The van der Waals surface area contributed by atoms with E-state index in [9.17, 15) is 4.79 Å². The van der Waals surface area contributed by atoms with Gasteiger partial charge in [0.1, 0.15) is 5.82 Å². The Bertz CT molecular complexity index is 785. The molecule has 0 aliphatic carbocycles. The van der Waals surface area contributed by atoms with Crippen molar-refractivity contribution in [3.8, 4) is 5.69 Å². The fourth-order valence-electron chi connectivity index (χ4n) is 4.20. The average Bonchev–Trinajstić information content (AvgIpc) is 3.36. The van der Waals surface area contributed by atoms with Gasteiger partial charge < -0.3 is 4.74 Å². The number of amides is 1. The molecule has 7 heteroatoms. The zero-order chi connectivity index (χ0) is 19.3. The van der Waals surface area contributed by atoms with E-state index in [1.165, 1.54) is 0 Å². The SMILES string of the molecule is CCc1nc(NC(=O)[C@@H]2CCCN2CC2CCOCC2)nn1-c1ccccc1. The van der Waals surface area contributed by atoms with Gasteiger partial charge in [0.2, 0.25) is 11.9 Å². The van der Waals surface area contributed by atoms with Gasteiger partial charge in [-0.3, -0.25) is 15.0 Å². The van der Waals surface area contributed by atoms with Crippen molar-refractivity contribution in [2.24, 2.45) is 5.92 Å². The van der Waals surface area contributed by atoms with Crippen molar-refractivity contribution >= 4 is 11.9 Å². The molecule has 7 nitrogen and oxygen atoms in total. The summed E-state index contributed by atoms with van der Waals surface area (Å²) in [7, 11) is 0. The molecule has 1 aromatic heterocycles. The molecule has 4 rings (SSSR count). The molecule has 2 aliphatic heterocycles. The zero-order valence-corrected chi connectivity index (χ0v) is 16.5. The maximum atomic E-state index is 12.9. The second-order valence-electron chi connectivity index (χ2n) is 7.65. The number of benzene rings is 1. The molecule has 1 N–H and O–H groups in total. The summed E-state index contributed by atoms with van der Waals surface area (Å²) >= 11 is 0. The van der Waals surface area contributed by atoms with Crippen molar-refractivity contribution in [2.45, 2.75) is 45.1 Å². The highest BCUT2D eigenvalue weighted by atomic mass is 16.5. The molecule has 1 amide bonds. The number of hydrogen-bond acceptors (Lipinski definition) is 5. The van der Waals surface area contributed by atoms with Gasteiger partial charge in [-0.25, -0.2) is 4.68 Å². The maximum Gasteiger partial charge on any atom is 0.249 e. The summed E-state index contributed by atoms with van der Waals surface area (Å²) in [4.78, 5) is 19.8. The Hall–Kier alpha value is -2.25. The summed E-state index contributed by atoms with van der Waals surface area (Å²) in [5.41, 5.74) is 0.953. The zero-order valence-electron chi connectivity index (χ0n) is 16.5. The van der Waals surface area contributed by atoms with Crippen LogP contribution in [0.5, 0.6) is 0 Å². The number of anilines is 1. The Morgan fingerprint density at radius 1 is 1.21 bits per heavy atom. The van der Waals surface area contributed by atoms with Gasteiger partial charge in [0, 0.05) is 26.2 Å². The Morgan fingerprint density at radius 2 is 2.00 bits per heavy atom. The number of hydrogen-bond donors (Lipinski definition) is 1. The third-order valence-corrected chi connectivity index (χ3v) is 5.73. The standard InChI is InChI=1S/C21H29N5O2/c1-2-19-22-21(24-26(19)17-7-4-3-5-8-17)23-20(27)18-9-6-12-25(18)15-16-10-13-28-14-11-16/h3-5,7-8,16,18H,2,6,9-15H2,1H3,(H,23,24,27)/t18-/m0/s1. The highest BCUT2D eigenvalue weighted by Gasteiger charge is 2.33. The van der Waals surface area contributed by atoms with E-state index in [0.717, 1.165) is 69.9 Å². The van der Waals surface area contributed by atoms with Crippen LogP contribution < -0.4 is 5.32 Å². The summed E-state index contributed by atoms with van der Waals surface area (Å²) in [6, 6.07) is 9.82. The van der Waals surface area contributed by atoms with Crippen LogP contribution in [0.25, 0.3) is 5.69 Å². The minimum Gasteiger partial charge on any atom is -0.381 e. The van der Waals surface area contributed by atoms with E-state index in [0.29, 0.717) is 11.9 Å². The topological polar surface area (TPSA) is 72.3 Å². The highest BCUT2D eigenvalue weighted by Crippen LogP contribution is 2.24. The van der Waals surface area contributed by atoms with Crippen molar-refractivity contribution in [1.29, 1.82) is 0 Å². The number of carbonyl (C=O) groups is 1. The molecule has 2 saturated heterocycles. The molecule has 2 aromatic rings. The average molecular weight is 383 g/mol. The number of aryl methyl sites for hydroxylation is 1. The number of nitrogens with one attached hydrogen (secondary N) is 1. The Kier molecular flexibility index (Phi) is 6.02. The highest BCUT2D eigenvalue weighted by molar-refractivity contribution is 5.93. The number of likely N-dealkylation sites (tertiary alicyclic amines) is 1. The molecule has 2 fully saturated rings. The molecule has 0 radical (unpaired) electrons. The molecule has 1 atom stereocenters. The molecular formula is C21H29N5O2. The van der Waals surface area contributed by atoms with Crippen LogP contribution in [0, 0.1) is 5.92 Å². The van der Waals surface area contributed by atoms with E-state index in [4.69, 9.17) is 4.74 Å².